The molecule has 0 fully saturated rings. The minimum absolute atomic E-state index is 0.00207. The number of hydrogen-bond donors (Lipinski definition) is 2. The third-order valence-electron chi connectivity index (χ3n) is 3.33. The van der Waals surface area contributed by atoms with E-state index in [0.29, 0.717) is 11.4 Å². The molecule has 112 valence electrons. The van der Waals surface area contributed by atoms with Crippen molar-refractivity contribution in [3.63, 3.8) is 0 Å². The second-order valence-electron chi connectivity index (χ2n) is 5.69. The molecule has 1 amide bonds. The van der Waals surface area contributed by atoms with Gasteiger partial charge in [0, 0.05) is 18.8 Å². The monoisotopic (exact) mass is 298 g/mol. The van der Waals surface area contributed by atoms with E-state index in [9.17, 15) is 13.2 Å². The van der Waals surface area contributed by atoms with Crippen molar-refractivity contribution in [2.45, 2.75) is 31.7 Å². The van der Waals surface area contributed by atoms with Gasteiger partial charge in [-0.3, -0.25) is 4.79 Å². The van der Waals surface area contributed by atoms with Crippen LogP contribution in [-0.2, 0) is 14.6 Å². The van der Waals surface area contributed by atoms with E-state index in [-0.39, 0.29) is 11.9 Å². The van der Waals surface area contributed by atoms with Crippen LogP contribution in [0.4, 0.5) is 0 Å². The number of nitrogens with one attached hydrogen (secondary N) is 1. The van der Waals surface area contributed by atoms with E-state index in [4.69, 9.17) is 5.73 Å². The minimum Gasteiger partial charge on any atom is -0.369 e. The number of carbonyl (C=O) groups excluding carboxylic acids is 1. The van der Waals surface area contributed by atoms with Crippen molar-refractivity contribution in [1.29, 1.82) is 0 Å². The molecule has 0 heterocycles. The molecule has 0 saturated heterocycles. The molecule has 5 nitrogen and oxygen atoms in total. The number of hydrogen-bond acceptors (Lipinski definition) is 4. The van der Waals surface area contributed by atoms with Crippen LogP contribution in [0.25, 0.3) is 0 Å². The van der Waals surface area contributed by atoms with Crippen molar-refractivity contribution in [3.8, 4) is 0 Å². The lowest BCUT2D eigenvalue weighted by Gasteiger charge is -2.24. The molecule has 20 heavy (non-hydrogen) atoms. The summed E-state index contributed by atoms with van der Waals surface area (Å²) in [6.45, 7) is 5.97. The first-order valence-electron chi connectivity index (χ1n) is 6.37. The van der Waals surface area contributed by atoms with Gasteiger partial charge in [-0.2, -0.15) is 0 Å². The molecule has 6 heteroatoms. The quantitative estimate of drug-likeness (QED) is 0.827. The fraction of sp³-hybridized carbons (Fsp3) is 0.500. The summed E-state index contributed by atoms with van der Waals surface area (Å²) in [6.07, 6.45) is 1.18. The molecule has 0 bridgehead atoms. The lowest BCUT2D eigenvalue weighted by molar-refractivity contribution is -0.125. The number of rotatable bonds is 6. The third-order valence-corrected chi connectivity index (χ3v) is 4.45. The Labute approximate surface area is 120 Å². The first-order valence-corrected chi connectivity index (χ1v) is 8.26. The van der Waals surface area contributed by atoms with E-state index in [1.807, 2.05) is 6.92 Å². The van der Waals surface area contributed by atoms with E-state index < -0.39 is 15.3 Å². The summed E-state index contributed by atoms with van der Waals surface area (Å²) in [5.41, 5.74) is 5.65. The van der Waals surface area contributed by atoms with E-state index >= 15 is 0 Å². The average molecular weight is 298 g/mol. The Morgan fingerprint density at radius 2 is 1.80 bits per heavy atom. The smallest absolute Gasteiger partial charge is 0.224 e. The normalized spacial score (nSPS) is 14.0. The third kappa shape index (κ3) is 4.31. The molecule has 0 aliphatic rings. The van der Waals surface area contributed by atoms with E-state index in [1.165, 1.54) is 6.26 Å². The van der Waals surface area contributed by atoms with Gasteiger partial charge in [0.1, 0.15) is 0 Å². The van der Waals surface area contributed by atoms with E-state index in [0.717, 1.165) is 5.56 Å². The zero-order valence-corrected chi connectivity index (χ0v) is 13.1. The molecule has 1 aromatic carbocycles. The maximum absolute atomic E-state index is 11.4. The Kier molecular flexibility index (Phi) is 4.94. The van der Waals surface area contributed by atoms with Gasteiger partial charge in [0.05, 0.1) is 10.3 Å². The van der Waals surface area contributed by atoms with Crippen LogP contribution in [0.1, 0.15) is 32.4 Å². The molecule has 3 N–H and O–H groups in total. The fourth-order valence-electron chi connectivity index (χ4n) is 1.62. The predicted octanol–water partition coefficient (Wildman–Crippen LogP) is 1.25. The van der Waals surface area contributed by atoms with Gasteiger partial charge >= 0.3 is 0 Å². The van der Waals surface area contributed by atoms with Crippen LogP contribution in [0.5, 0.6) is 0 Å². The van der Waals surface area contributed by atoms with Crippen LogP contribution in [0.15, 0.2) is 29.2 Å². The van der Waals surface area contributed by atoms with Gasteiger partial charge < -0.3 is 11.1 Å². The van der Waals surface area contributed by atoms with E-state index in [1.54, 1.807) is 38.1 Å². The summed E-state index contributed by atoms with van der Waals surface area (Å²) in [5.74, 6) is -0.357. The zero-order chi connectivity index (χ0) is 15.6. The van der Waals surface area contributed by atoms with Crippen molar-refractivity contribution < 1.29 is 13.2 Å². The highest BCUT2D eigenvalue weighted by molar-refractivity contribution is 7.90. The fourth-order valence-corrected chi connectivity index (χ4v) is 2.25. The lowest BCUT2D eigenvalue weighted by atomic mass is 9.92. The van der Waals surface area contributed by atoms with Crippen molar-refractivity contribution in [3.05, 3.63) is 29.8 Å². The Morgan fingerprint density at radius 3 is 2.20 bits per heavy atom. The number of sulfone groups is 1. The molecule has 0 aliphatic heterocycles. The van der Waals surface area contributed by atoms with Crippen molar-refractivity contribution >= 4 is 15.7 Å². The highest BCUT2D eigenvalue weighted by Crippen LogP contribution is 2.18. The maximum Gasteiger partial charge on any atom is 0.224 e. The van der Waals surface area contributed by atoms with Crippen molar-refractivity contribution in [2.75, 3.05) is 12.8 Å². The molecule has 0 aromatic heterocycles. The number of primary amides is 1. The van der Waals surface area contributed by atoms with Gasteiger partial charge in [0.15, 0.2) is 9.84 Å². The Bertz CT molecular complexity index is 577. The Hall–Kier alpha value is -1.40. The minimum atomic E-state index is -3.17. The largest absolute Gasteiger partial charge is 0.369 e. The Balaban J connectivity index is 2.74. The molecule has 0 aliphatic carbocycles. The summed E-state index contributed by atoms with van der Waals surface area (Å²) in [7, 11) is -3.17. The van der Waals surface area contributed by atoms with Crippen LogP contribution in [-0.4, -0.2) is 27.1 Å². The molecule has 1 atom stereocenters. The Morgan fingerprint density at radius 1 is 1.30 bits per heavy atom. The summed E-state index contributed by atoms with van der Waals surface area (Å²) in [6, 6.07) is 6.71. The summed E-state index contributed by atoms with van der Waals surface area (Å²) >= 11 is 0. The molecular formula is C14H22N2O3S. The van der Waals surface area contributed by atoms with Crippen LogP contribution in [0, 0.1) is 5.41 Å². The van der Waals surface area contributed by atoms with Gasteiger partial charge in [0.25, 0.3) is 0 Å². The maximum atomic E-state index is 11.4. The van der Waals surface area contributed by atoms with E-state index in [2.05, 4.69) is 5.32 Å². The average Bonchev–Trinajstić information content (AvgIpc) is 2.35. The van der Waals surface area contributed by atoms with Crippen LogP contribution < -0.4 is 11.1 Å². The second-order valence-corrected chi connectivity index (χ2v) is 7.71. The molecule has 1 aromatic rings. The van der Waals surface area contributed by atoms with Crippen LogP contribution in [0.3, 0.4) is 0 Å². The van der Waals surface area contributed by atoms with Gasteiger partial charge in [-0.1, -0.05) is 12.1 Å². The molecule has 1 rings (SSSR count). The van der Waals surface area contributed by atoms with Crippen LogP contribution in [0.2, 0.25) is 0 Å². The highest BCUT2D eigenvalue weighted by atomic mass is 32.2. The van der Waals surface area contributed by atoms with Gasteiger partial charge in [0.2, 0.25) is 5.91 Å². The number of benzene rings is 1. The summed E-state index contributed by atoms with van der Waals surface area (Å²) in [4.78, 5) is 11.5. The molecule has 0 radical (unpaired) electrons. The topological polar surface area (TPSA) is 89.3 Å². The number of amides is 1. The molecular weight excluding hydrogens is 276 g/mol. The SMILES string of the molecule is C[C@@H](NCC(C)(C)C(N)=O)c1ccc(S(C)(=O)=O)cc1. The number of nitrogens with two attached hydrogens (primary N) is 1. The van der Waals surface area contributed by atoms with Gasteiger partial charge in [-0.15, -0.1) is 0 Å². The zero-order valence-electron chi connectivity index (χ0n) is 12.3. The summed E-state index contributed by atoms with van der Waals surface area (Å²) < 4.78 is 22.8. The van der Waals surface area contributed by atoms with Crippen molar-refractivity contribution in [2.24, 2.45) is 11.1 Å². The van der Waals surface area contributed by atoms with Gasteiger partial charge in [-0.25, -0.2) is 8.42 Å². The lowest BCUT2D eigenvalue weighted by Crippen LogP contribution is -2.41. The first kappa shape index (κ1) is 16.7. The molecule has 0 saturated carbocycles. The van der Waals surface area contributed by atoms with Crippen LogP contribution >= 0.6 is 0 Å². The predicted molar refractivity (Wildman–Crippen MR) is 78.9 cm³/mol. The molecule has 0 unspecified atom stereocenters. The molecule has 0 spiro atoms. The first-order chi connectivity index (χ1) is 9.04. The summed E-state index contributed by atoms with van der Waals surface area (Å²) in [5, 5.41) is 3.23. The highest BCUT2D eigenvalue weighted by Gasteiger charge is 2.25. The number of carbonyl (C=O) groups is 1. The second kappa shape index (κ2) is 5.93. The van der Waals surface area contributed by atoms with Gasteiger partial charge in [-0.05, 0) is 38.5 Å². The van der Waals surface area contributed by atoms with Crippen molar-refractivity contribution in [1.82, 2.24) is 5.32 Å². The standard InChI is InChI=1S/C14H22N2O3S/c1-10(16-9-14(2,3)13(15)17)11-5-7-12(8-6-11)20(4,18)19/h5-8,10,16H,9H2,1-4H3,(H2,15,17)/t10-/m1/s1.